The molecule has 124 valence electrons. The average Bonchev–Trinajstić information content (AvgIpc) is 2.95. The maximum Gasteiger partial charge on any atom is 0.174 e. The SMILES string of the molecule is CN(C1CNC1)[S+]([O-])c1ccc(-c2c[nH]c3cc(F)ccc23)cc1. The van der Waals surface area contributed by atoms with Gasteiger partial charge >= 0.3 is 0 Å². The first kappa shape index (κ1) is 15.7. The zero-order valence-electron chi connectivity index (χ0n) is 13.3. The van der Waals surface area contributed by atoms with Crippen LogP contribution in [0.4, 0.5) is 4.39 Å². The van der Waals surface area contributed by atoms with Gasteiger partial charge < -0.3 is 14.9 Å². The first-order chi connectivity index (χ1) is 11.6. The molecule has 2 aromatic carbocycles. The Morgan fingerprint density at radius 2 is 1.92 bits per heavy atom. The summed E-state index contributed by atoms with van der Waals surface area (Å²) in [6, 6.07) is 12.8. The molecule has 0 amide bonds. The number of fused-ring (bicyclic) bond motifs is 1. The van der Waals surface area contributed by atoms with E-state index >= 15 is 0 Å². The second-order valence-corrected chi connectivity index (χ2v) is 7.57. The molecule has 4 nitrogen and oxygen atoms in total. The average molecular weight is 343 g/mol. The Hall–Kier alpha value is -1.86. The van der Waals surface area contributed by atoms with Crippen LogP contribution in [0.15, 0.2) is 53.6 Å². The van der Waals surface area contributed by atoms with Crippen LogP contribution >= 0.6 is 0 Å². The van der Waals surface area contributed by atoms with Gasteiger partial charge in [0.2, 0.25) is 0 Å². The fourth-order valence-corrected chi connectivity index (χ4v) is 4.04. The molecule has 0 bridgehead atoms. The van der Waals surface area contributed by atoms with Gasteiger partial charge in [-0.05, 0) is 48.0 Å². The van der Waals surface area contributed by atoms with Crippen LogP contribution in [0.3, 0.4) is 0 Å². The van der Waals surface area contributed by atoms with Gasteiger partial charge in [0.05, 0.1) is 17.4 Å². The number of rotatable bonds is 4. The molecular weight excluding hydrogens is 325 g/mol. The Morgan fingerprint density at radius 1 is 1.17 bits per heavy atom. The van der Waals surface area contributed by atoms with Crippen molar-refractivity contribution in [2.75, 3.05) is 20.1 Å². The predicted molar refractivity (Wildman–Crippen MR) is 94.5 cm³/mol. The number of hydrogen-bond acceptors (Lipinski definition) is 3. The number of aromatic nitrogens is 1. The number of halogens is 1. The fourth-order valence-electron chi connectivity index (χ4n) is 2.92. The van der Waals surface area contributed by atoms with Gasteiger partial charge in [-0.2, -0.15) is 0 Å². The summed E-state index contributed by atoms with van der Waals surface area (Å²) in [4.78, 5) is 3.89. The Balaban J connectivity index is 1.60. The number of aromatic amines is 1. The molecule has 1 aliphatic rings. The molecule has 0 aliphatic carbocycles. The van der Waals surface area contributed by atoms with E-state index in [1.807, 2.05) is 41.8 Å². The van der Waals surface area contributed by atoms with Gasteiger partial charge in [-0.1, -0.05) is 0 Å². The summed E-state index contributed by atoms with van der Waals surface area (Å²) in [7, 11) is 1.89. The standard InChI is InChI=1S/C18H18FN3OS/c1-22(14-9-20-10-14)24(23)15-5-2-12(3-6-15)17-11-21-18-8-13(19)4-7-16(17)18/h2-8,11,14,20-21H,9-10H2,1H3. The third kappa shape index (κ3) is 2.71. The highest BCUT2D eigenvalue weighted by molar-refractivity contribution is 7.89. The number of nitrogens with zero attached hydrogens (tertiary/aromatic N) is 1. The quantitative estimate of drug-likeness (QED) is 0.716. The molecule has 0 radical (unpaired) electrons. The van der Waals surface area contributed by atoms with E-state index in [1.54, 1.807) is 6.07 Å². The molecule has 1 unspecified atom stereocenters. The summed E-state index contributed by atoms with van der Waals surface area (Å²) in [6.07, 6.45) is 1.88. The number of hydrogen-bond donors (Lipinski definition) is 2. The van der Waals surface area contributed by atoms with Crippen molar-refractivity contribution in [3.8, 4) is 11.1 Å². The Bertz CT molecular complexity index is 860. The summed E-state index contributed by atoms with van der Waals surface area (Å²) in [5, 5.41) is 4.17. The number of benzene rings is 2. The van der Waals surface area contributed by atoms with Gasteiger partial charge in [-0.3, -0.25) is 0 Å². The van der Waals surface area contributed by atoms with Gasteiger partial charge in [0.15, 0.2) is 4.90 Å². The Labute approximate surface area is 143 Å². The van der Waals surface area contributed by atoms with Crippen LogP contribution in [-0.4, -0.2) is 40.0 Å². The maximum absolute atomic E-state index is 13.3. The lowest BCUT2D eigenvalue weighted by Gasteiger charge is -2.34. The molecule has 6 heteroatoms. The highest BCUT2D eigenvalue weighted by Gasteiger charge is 2.31. The van der Waals surface area contributed by atoms with Gasteiger partial charge in [0, 0.05) is 42.8 Å². The zero-order valence-corrected chi connectivity index (χ0v) is 14.1. The fraction of sp³-hybridized carbons (Fsp3) is 0.222. The lowest BCUT2D eigenvalue weighted by Crippen LogP contribution is -2.57. The zero-order chi connectivity index (χ0) is 16.7. The molecule has 1 fully saturated rings. The topological polar surface area (TPSA) is 54.1 Å². The highest BCUT2D eigenvalue weighted by atomic mass is 32.2. The summed E-state index contributed by atoms with van der Waals surface area (Å²) in [5.74, 6) is -0.254. The van der Waals surface area contributed by atoms with Crippen LogP contribution in [0, 0.1) is 5.82 Å². The molecule has 3 aromatic rings. The van der Waals surface area contributed by atoms with Crippen molar-refractivity contribution in [2.45, 2.75) is 10.9 Å². The third-order valence-electron chi connectivity index (χ3n) is 4.55. The van der Waals surface area contributed by atoms with Crippen molar-refractivity contribution in [1.29, 1.82) is 0 Å². The largest absolute Gasteiger partial charge is 0.593 e. The van der Waals surface area contributed by atoms with E-state index in [-0.39, 0.29) is 5.82 Å². The third-order valence-corrected chi connectivity index (χ3v) is 6.04. The maximum atomic E-state index is 13.3. The number of nitrogens with one attached hydrogen (secondary N) is 2. The van der Waals surface area contributed by atoms with Crippen LogP contribution in [0.1, 0.15) is 0 Å². The number of likely N-dealkylation sites (N-methyl/N-ethyl adjacent to an activating group) is 1. The van der Waals surface area contributed by atoms with Crippen molar-refractivity contribution in [1.82, 2.24) is 14.6 Å². The molecule has 2 heterocycles. The van der Waals surface area contributed by atoms with Crippen LogP contribution in [0.25, 0.3) is 22.0 Å². The van der Waals surface area contributed by atoms with Crippen molar-refractivity contribution >= 4 is 22.3 Å². The molecule has 24 heavy (non-hydrogen) atoms. The molecule has 2 N–H and O–H groups in total. The summed E-state index contributed by atoms with van der Waals surface area (Å²) in [6.45, 7) is 1.76. The first-order valence-electron chi connectivity index (χ1n) is 7.86. The van der Waals surface area contributed by atoms with Crippen LogP contribution in [0.2, 0.25) is 0 Å². The van der Waals surface area contributed by atoms with E-state index in [2.05, 4.69) is 10.3 Å². The molecule has 1 atom stereocenters. The highest BCUT2D eigenvalue weighted by Crippen LogP contribution is 2.30. The smallest absolute Gasteiger partial charge is 0.174 e. The summed E-state index contributed by atoms with van der Waals surface area (Å²) >= 11 is -1.16. The van der Waals surface area contributed by atoms with Crippen LogP contribution in [-0.2, 0) is 11.4 Å². The van der Waals surface area contributed by atoms with E-state index < -0.39 is 11.4 Å². The van der Waals surface area contributed by atoms with Crippen molar-refractivity contribution in [3.63, 3.8) is 0 Å². The number of H-pyrrole nitrogens is 1. The molecule has 0 saturated carbocycles. The Kier molecular flexibility index (Phi) is 4.05. The van der Waals surface area contributed by atoms with Gasteiger partial charge in [-0.25, -0.2) is 4.39 Å². The second kappa shape index (κ2) is 6.22. The lowest BCUT2D eigenvalue weighted by molar-refractivity contribution is 0.274. The van der Waals surface area contributed by atoms with Crippen molar-refractivity contribution in [3.05, 3.63) is 54.5 Å². The minimum absolute atomic E-state index is 0.254. The van der Waals surface area contributed by atoms with Gasteiger partial charge in [0.1, 0.15) is 5.82 Å². The predicted octanol–water partition coefficient (Wildman–Crippen LogP) is 2.90. The Morgan fingerprint density at radius 3 is 2.58 bits per heavy atom. The van der Waals surface area contributed by atoms with Crippen molar-refractivity contribution < 1.29 is 8.94 Å². The molecule has 1 aromatic heterocycles. The van der Waals surface area contributed by atoms with E-state index in [0.717, 1.165) is 40.0 Å². The van der Waals surface area contributed by atoms with Crippen LogP contribution in [0.5, 0.6) is 0 Å². The molecule has 4 rings (SSSR count). The van der Waals surface area contributed by atoms with E-state index in [9.17, 15) is 8.94 Å². The second-order valence-electron chi connectivity index (χ2n) is 6.02. The molecule has 0 spiro atoms. The first-order valence-corrected chi connectivity index (χ1v) is 8.96. The molecule has 1 saturated heterocycles. The monoisotopic (exact) mass is 343 g/mol. The molecule has 1 aliphatic heterocycles. The lowest BCUT2D eigenvalue weighted by atomic mass is 10.1. The van der Waals surface area contributed by atoms with Crippen molar-refractivity contribution in [2.24, 2.45) is 0 Å². The summed E-state index contributed by atoms with van der Waals surface area (Å²) in [5.41, 5.74) is 2.80. The minimum atomic E-state index is -1.16. The van der Waals surface area contributed by atoms with Gasteiger partial charge in [0.25, 0.3) is 0 Å². The minimum Gasteiger partial charge on any atom is -0.593 e. The van der Waals surface area contributed by atoms with E-state index in [4.69, 9.17) is 0 Å². The van der Waals surface area contributed by atoms with Gasteiger partial charge in [-0.15, -0.1) is 4.31 Å². The van der Waals surface area contributed by atoms with Crippen LogP contribution < -0.4 is 5.32 Å². The molecular formula is C18H18FN3OS. The summed E-state index contributed by atoms with van der Waals surface area (Å²) < 4.78 is 27.8. The van der Waals surface area contributed by atoms with E-state index in [0.29, 0.717) is 6.04 Å². The normalized spacial score (nSPS) is 16.5. The van der Waals surface area contributed by atoms with E-state index in [1.165, 1.54) is 12.1 Å².